The van der Waals surface area contributed by atoms with Gasteiger partial charge in [-0.1, -0.05) is 11.3 Å². The van der Waals surface area contributed by atoms with Crippen molar-refractivity contribution < 1.29 is 4.39 Å². The summed E-state index contributed by atoms with van der Waals surface area (Å²) in [7, 11) is 0. The van der Waals surface area contributed by atoms with Gasteiger partial charge < -0.3 is 5.73 Å². The van der Waals surface area contributed by atoms with Gasteiger partial charge in [0, 0.05) is 17.1 Å². The number of aromatic nitrogens is 4. The highest BCUT2D eigenvalue weighted by Crippen LogP contribution is 2.20. The van der Waals surface area contributed by atoms with E-state index in [-0.39, 0.29) is 5.82 Å². The smallest absolute Gasteiger partial charge is 0.165 e. The molecule has 1 aromatic carbocycles. The Morgan fingerprint density at radius 3 is 2.94 bits per heavy atom. The summed E-state index contributed by atoms with van der Waals surface area (Å²) in [6, 6.07) is 6.54. The van der Waals surface area contributed by atoms with Gasteiger partial charge >= 0.3 is 0 Å². The normalized spacial score (nSPS) is 10.9. The molecular formula is C12H10FN5. The van der Waals surface area contributed by atoms with Crippen molar-refractivity contribution in [3.63, 3.8) is 0 Å². The standard InChI is InChI=1S/C12H10FN5/c13-10-4-3-8(6-18-7-11(14)16-17-18)12-9(10)2-1-5-15-12/h1-5,7H,6,14H2. The lowest BCUT2D eigenvalue weighted by Crippen LogP contribution is -2.02. The molecule has 90 valence electrons. The molecule has 0 spiro atoms. The van der Waals surface area contributed by atoms with Crippen LogP contribution in [0.2, 0.25) is 0 Å². The Morgan fingerprint density at radius 1 is 1.28 bits per heavy atom. The van der Waals surface area contributed by atoms with Crippen LogP contribution in [0.3, 0.4) is 0 Å². The van der Waals surface area contributed by atoms with Gasteiger partial charge in [-0.15, -0.1) is 5.10 Å². The summed E-state index contributed by atoms with van der Waals surface area (Å²) >= 11 is 0. The van der Waals surface area contributed by atoms with Gasteiger partial charge in [-0.2, -0.15) is 0 Å². The monoisotopic (exact) mass is 243 g/mol. The molecular weight excluding hydrogens is 233 g/mol. The predicted octanol–water partition coefficient (Wildman–Crippen LogP) is 1.60. The molecule has 2 aromatic heterocycles. The summed E-state index contributed by atoms with van der Waals surface area (Å²) in [4.78, 5) is 4.21. The van der Waals surface area contributed by atoms with Crippen LogP contribution in [0.4, 0.5) is 10.2 Å². The van der Waals surface area contributed by atoms with Crippen molar-refractivity contribution in [3.05, 3.63) is 48.0 Å². The van der Waals surface area contributed by atoms with Crippen molar-refractivity contribution >= 4 is 16.7 Å². The number of halogens is 1. The SMILES string of the molecule is Nc1cn(Cc2ccc(F)c3cccnc23)nn1. The third kappa shape index (κ3) is 1.77. The fourth-order valence-corrected chi connectivity index (χ4v) is 1.89. The minimum absolute atomic E-state index is 0.278. The zero-order chi connectivity index (χ0) is 12.5. The second-order valence-corrected chi connectivity index (χ2v) is 3.95. The second-order valence-electron chi connectivity index (χ2n) is 3.95. The van der Waals surface area contributed by atoms with Crippen LogP contribution < -0.4 is 5.73 Å². The third-order valence-electron chi connectivity index (χ3n) is 2.69. The van der Waals surface area contributed by atoms with Gasteiger partial charge in [-0.05, 0) is 18.2 Å². The molecule has 18 heavy (non-hydrogen) atoms. The van der Waals surface area contributed by atoms with Crippen molar-refractivity contribution in [2.24, 2.45) is 0 Å². The Kier molecular flexibility index (Phi) is 2.40. The van der Waals surface area contributed by atoms with Gasteiger partial charge in [0.05, 0.1) is 18.3 Å². The van der Waals surface area contributed by atoms with Gasteiger partial charge in [-0.3, -0.25) is 4.98 Å². The number of rotatable bonds is 2. The molecule has 0 aliphatic heterocycles. The first-order valence-corrected chi connectivity index (χ1v) is 5.42. The molecule has 3 rings (SSSR count). The molecule has 6 heteroatoms. The molecule has 0 fully saturated rings. The molecule has 3 aromatic rings. The van der Waals surface area contributed by atoms with Gasteiger partial charge in [0.2, 0.25) is 0 Å². The van der Waals surface area contributed by atoms with Crippen LogP contribution in [0.5, 0.6) is 0 Å². The average molecular weight is 243 g/mol. The summed E-state index contributed by atoms with van der Waals surface area (Å²) in [5.74, 6) is 0.0781. The highest BCUT2D eigenvalue weighted by Gasteiger charge is 2.07. The summed E-state index contributed by atoms with van der Waals surface area (Å²) in [6.45, 7) is 0.456. The number of nitrogens with two attached hydrogens (primary N) is 1. The van der Waals surface area contributed by atoms with Crippen LogP contribution in [-0.2, 0) is 6.54 Å². The van der Waals surface area contributed by atoms with Gasteiger partial charge in [-0.25, -0.2) is 9.07 Å². The van der Waals surface area contributed by atoms with Gasteiger partial charge in [0.15, 0.2) is 5.82 Å². The summed E-state index contributed by atoms with van der Waals surface area (Å²) in [5, 5.41) is 8.07. The summed E-state index contributed by atoms with van der Waals surface area (Å²) in [6.07, 6.45) is 3.26. The van der Waals surface area contributed by atoms with Gasteiger partial charge in [0.25, 0.3) is 0 Å². The number of benzene rings is 1. The van der Waals surface area contributed by atoms with Crippen LogP contribution >= 0.6 is 0 Å². The molecule has 0 saturated carbocycles. The number of pyridine rings is 1. The number of fused-ring (bicyclic) bond motifs is 1. The quantitative estimate of drug-likeness (QED) is 0.742. The van der Waals surface area contributed by atoms with Crippen molar-refractivity contribution in [1.29, 1.82) is 0 Å². The van der Waals surface area contributed by atoms with E-state index in [1.54, 1.807) is 35.3 Å². The first-order valence-electron chi connectivity index (χ1n) is 5.42. The van der Waals surface area contributed by atoms with Crippen LogP contribution in [0.25, 0.3) is 10.9 Å². The molecule has 0 aliphatic carbocycles. The predicted molar refractivity (Wildman–Crippen MR) is 65.2 cm³/mol. The Labute approximate surface area is 102 Å². The van der Waals surface area contributed by atoms with Crippen molar-refractivity contribution in [3.8, 4) is 0 Å². The second kappa shape index (κ2) is 4.06. The van der Waals surface area contributed by atoms with E-state index in [2.05, 4.69) is 15.3 Å². The van der Waals surface area contributed by atoms with E-state index in [1.165, 1.54) is 6.07 Å². The van der Waals surface area contributed by atoms with E-state index in [9.17, 15) is 4.39 Å². The number of hydrogen-bond acceptors (Lipinski definition) is 4. The molecule has 5 nitrogen and oxygen atoms in total. The minimum Gasteiger partial charge on any atom is -0.381 e. The third-order valence-corrected chi connectivity index (χ3v) is 2.69. The fraction of sp³-hybridized carbons (Fsp3) is 0.0833. The Morgan fingerprint density at radius 2 is 2.17 bits per heavy atom. The van der Waals surface area contributed by atoms with E-state index in [4.69, 9.17) is 5.73 Å². The lowest BCUT2D eigenvalue weighted by atomic mass is 10.1. The highest BCUT2D eigenvalue weighted by molar-refractivity contribution is 5.82. The van der Waals surface area contributed by atoms with Crippen LogP contribution in [0.1, 0.15) is 5.56 Å². The number of anilines is 1. The minimum atomic E-state index is -0.278. The Bertz CT molecular complexity index is 707. The van der Waals surface area contributed by atoms with Crippen LogP contribution in [0.15, 0.2) is 36.7 Å². The zero-order valence-electron chi connectivity index (χ0n) is 9.42. The lowest BCUT2D eigenvalue weighted by molar-refractivity contribution is 0.633. The maximum atomic E-state index is 13.6. The largest absolute Gasteiger partial charge is 0.381 e. The first-order chi connectivity index (χ1) is 8.74. The molecule has 0 bridgehead atoms. The molecule has 0 unspecified atom stereocenters. The molecule has 2 N–H and O–H groups in total. The van der Waals surface area contributed by atoms with E-state index >= 15 is 0 Å². The summed E-state index contributed by atoms with van der Waals surface area (Å²) < 4.78 is 15.2. The van der Waals surface area contributed by atoms with Gasteiger partial charge in [0.1, 0.15) is 5.82 Å². The highest BCUT2D eigenvalue weighted by atomic mass is 19.1. The topological polar surface area (TPSA) is 69.6 Å². The van der Waals surface area contributed by atoms with Crippen molar-refractivity contribution in [2.45, 2.75) is 6.54 Å². The zero-order valence-corrected chi connectivity index (χ0v) is 9.42. The first kappa shape index (κ1) is 10.6. The molecule has 2 heterocycles. The number of hydrogen-bond donors (Lipinski definition) is 1. The lowest BCUT2D eigenvalue weighted by Gasteiger charge is -2.06. The van der Waals surface area contributed by atoms with Crippen LogP contribution in [0, 0.1) is 5.82 Å². The van der Waals surface area contributed by atoms with E-state index < -0.39 is 0 Å². The maximum Gasteiger partial charge on any atom is 0.165 e. The molecule has 0 saturated heterocycles. The molecule has 0 amide bonds. The Balaban J connectivity index is 2.09. The maximum absolute atomic E-state index is 13.6. The van der Waals surface area contributed by atoms with Crippen LogP contribution in [-0.4, -0.2) is 20.0 Å². The number of nitrogens with zero attached hydrogens (tertiary/aromatic N) is 4. The molecule has 0 atom stereocenters. The molecule has 0 aliphatic rings. The molecule has 0 radical (unpaired) electrons. The Hall–Kier alpha value is -2.50. The summed E-state index contributed by atoms with van der Waals surface area (Å²) in [5.41, 5.74) is 7.00. The van der Waals surface area contributed by atoms with Crippen molar-refractivity contribution in [2.75, 3.05) is 5.73 Å². The van der Waals surface area contributed by atoms with E-state index in [1.807, 2.05) is 0 Å². The van der Waals surface area contributed by atoms with Crippen molar-refractivity contribution in [1.82, 2.24) is 20.0 Å². The fourth-order valence-electron chi connectivity index (χ4n) is 1.89. The number of nitrogen functional groups attached to an aromatic ring is 1. The average Bonchev–Trinajstić information content (AvgIpc) is 2.79. The van der Waals surface area contributed by atoms with E-state index in [0.29, 0.717) is 23.3 Å². The van der Waals surface area contributed by atoms with E-state index in [0.717, 1.165) is 5.56 Å².